The van der Waals surface area contributed by atoms with E-state index >= 15 is 0 Å². The fourth-order valence-corrected chi connectivity index (χ4v) is 3.45. The third kappa shape index (κ3) is 3.07. The van der Waals surface area contributed by atoms with Gasteiger partial charge in [0.25, 0.3) is 0 Å². The van der Waals surface area contributed by atoms with Crippen molar-refractivity contribution in [2.75, 3.05) is 0 Å². The second-order valence-corrected chi connectivity index (χ2v) is 6.61. The molecule has 2 heteroatoms. The summed E-state index contributed by atoms with van der Waals surface area (Å²) in [6.07, 6.45) is 2.74. The summed E-state index contributed by atoms with van der Waals surface area (Å²) in [7, 11) is 0. The van der Waals surface area contributed by atoms with Crippen LogP contribution in [0.3, 0.4) is 0 Å². The van der Waals surface area contributed by atoms with Crippen molar-refractivity contribution >= 4 is 11.3 Å². The minimum atomic E-state index is 0.410. The van der Waals surface area contributed by atoms with E-state index in [1.54, 1.807) is 0 Å². The Kier molecular flexibility index (Phi) is 3.72. The molecule has 1 N–H and O–H groups in total. The van der Waals surface area contributed by atoms with Crippen molar-refractivity contribution in [1.29, 1.82) is 0 Å². The van der Waals surface area contributed by atoms with Crippen LogP contribution in [-0.2, 0) is 0 Å². The molecule has 2 atom stereocenters. The van der Waals surface area contributed by atoms with Gasteiger partial charge in [-0.05, 0) is 49.6 Å². The number of thiophene rings is 1. The Morgan fingerprint density at radius 3 is 2.47 bits per heavy atom. The molecule has 0 spiro atoms. The van der Waals surface area contributed by atoms with Crippen molar-refractivity contribution in [1.82, 2.24) is 5.32 Å². The molecule has 1 fully saturated rings. The third-order valence-electron chi connectivity index (χ3n) is 3.95. The summed E-state index contributed by atoms with van der Waals surface area (Å²) in [5.74, 6) is 0.839. The van der Waals surface area contributed by atoms with Gasteiger partial charge in [0.1, 0.15) is 0 Å². The van der Waals surface area contributed by atoms with Gasteiger partial charge >= 0.3 is 0 Å². The molecule has 0 amide bonds. The summed E-state index contributed by atoms with van der Waals surface area (Å²) in [5.41, 5.74) is 2.71. The summed E-state index contributed by atoms with van der Waals surface area (Å²) in [5, 5.41) is 6.01. The van der Waals surface area contributed by atoms with Gasteiger partial charge in [-0.2, -0.15) is 0 Å². The van der Waals surface area contributed by atoms with E-state index < -0.39 is 0 Å². The van der Waals surface area contributed by atoms with E-state index in [9.17, 15) is 0 Å². The third-order valence-corrected chi connectivity index (χ3v) is 4.91. The van der Waals surface area contributed by atoms with Crippen molar-refractivity contribution in [3.8, 4) is 0 Å². The van der Waals surface area contributed by atoms with Gasteiger partial charge in [0.15, 0.2) is 0 Å². The van der Waals surface area contributed by atoms with Crippen LogP contribution in [0.2, 0.25) is 0 Å². The highest BCUT2D eigenvalue weighted by atomic mass is 32.1. The molecule has 0 saturated heterocycles. The lowest BCUT2D eigenvalue weighted by molar-refractivity contribution is 0.433. The van der Waals surface area contributed by atoms with Crippen molar-refractivity contribution in [3.05, 3.63) is 57.8 Å². The van der Waals surface area contributed by atoms with Crippen LogP contribution in [-0.4, -0.2) is 0 Å². The number of hydrogen-bond acceptors (Lipinski definition) is 2. The Morgan fingerprint density at radius 1 is 1.16 bits per heavy atom. The topological polar surface area (TPSA) is 12.0 Å². The predicted octanol–water partition coefficient (Wildman–Crippen LogP) is 4.86. The van der Waals surface area contributed by atoms with Crippen LogP contribution in [0.15, 0.2) is 41.8 Å². The quantitative estimate of drug-likeness (QED) is 0.819. The minimum absolute atomic E-state index is 0.410. The highest BCUT2D eigenvalue weighted by Crippen LogP contribution is 2.43. The summed E-state index contributed by atoms with van der Waals surface area (Å²) >= 11 is 1.88. The van der Waals surface area contributed by atoms with Crippen LogP contribution < -0.4 is 5.32 Å². The largest absolute Gasteiger partial charge is 0.302 e. The van der Waals surface area contributed by atoms with Gasteiger partial charge < -0.3 is 5.32 Å². The molecule has 0 aliphatic heterocycles. The highest BCUT2D eigenvalue weighted by molar-refractivity contribution is 7.10. The molecule has 2 unspecified atom stereocenters. The molecule has 1 saturated carbocycles. The first-order valence-electron chi connectivity index (χ1n) is 7.10. The summed E-state index contributed by atoms with van der Waals surface area (Å²) in [4.78, 5) is 1.49. The first-order chi connectivity index (χ1) is 9.24. The number of rotatable bonds is 5. The lowest BCUT2D eigenvalue weighted by atomic mass is 10.0. The lowest BCUT2D eigenvalue weighted by Crippen LogP contribution is -2.25. The zero-order chi connectivity index (χ0) is 13.2. The minimum Gasteiger partial charge on any atom is -0.302 e. The van der Waals surface area contributed by atoms with E-state index in [-0.39, 0.29) is 0 Å². The standard InChI is InChI=1S/C17H21NS/c1-12-5-7-14(8-6-12)13(2)18-17(15-9-10-15)16-4-3-11-19-16/h3-8,11,13,15,17-18H,9-10H2,1-2H3. The van der Waals surface area contributed by atoms with Gasteiger partial charge in [-0.25, -0.2) is 0 Å². The first kappa shape index (κ1) is 12.9. The van der Waals surface area contributed by atoms with E-state index in [0.717, 1.165) is 5.92 Å². The van der Waals surface area contributed by atoms with E-state index in [4.69, 9.17) is 0 Å². The average molecular weight is 271 g/mol. The van der Waals surface area contributed by atoms with E-state index in [0.29, 0.717) is 12.1 Å². The normalized spacial score (nSPS) is 18.2. The SMILES string of the molecule is Cc1ccc(C(C)NC(c2cccs2)C2CC2)cc1. The average Bonchev–Trinajstić information content (AvgIpc) is 3.11. The molecule has 19 heavy (non-hydrogen) atoms. The number of benzene rings is 1. The molecule has 1 nitrogen and oxygen atoms in total. The van der Waals surface area contributed by atoms with E-state index in [1.807, 2.05) is 11.3 Å². The van der Waals surface area contributed by atoms with Crippen LogP contribution in [0.5, 0.6) is 0 Å². The van der Waals surface area contributed by atoms with Crippen molar-refractivity contribution in [2.24, 2.45) is 5.92 Å². The van der Waals surface area contributed by atoms with E-state index in [2.05, 4.69) is 60.9 Å². The molecule has 100 valence electrons. The van der Waals surface area contributed by atoms with E-state index in [1.165, 1.54) is 28.8 Å². The van der Waals surface area contributed by atoms with Crippen molar-refractivity contribution < 1.29 is 0 Å². The Bertz CT molecular complexity index is 511. The maximum absolute atomic E-state index is 3.83. The molecular weight excluding hydrogens is 250 g/mol. The van der Waals surface area contributed by atoms with Gasteiger partial charge in [0.2, 0.25) is 0 Å². The van der Waals surface area contributed by atoms with Crippen LogP contribution in [0, 0.1) is 12.8 Å². The van der Waals surface area contributed by atoms with Gasteiger partial charge in [-0.15, -0.1) is 11.3 Å². The smallest absolute Gasteiger partial charge is 0.0448 e. The summed E-state index contributed by atoms with van der Waals surface area (Å²) in [6, 6.07) is 14.3. The fraction of sp³-hybridized carbons (Fsp3) is 0.412. The maximum Gasteiger partial charge on any atom is 0.0448 e. The molecule has 1 heterocycles. The van der Waals surface area contributed by atoms with Gasteiger partial charge in [-0.3, -0.25) is 0 Å². The molecule has 1 aliphatic rings. The molecule has 0 bridgehead atoms. The molecule has 0 radical (unpaired) electrons. The second-order valence-electron chi connectivity index (χ2n) is 5.63. The second kappa shape index (κ2) is 5.48. The molecular formula is C17H21NS. The summed E-state index contributed by atoms with van der Waals surface area (Å²) in [6.45, 7) is 4.41. The monoisotopic (exact) mass is 271 g/mol. The molecule has 3 rings (SSSR count). The molecule has 1 aromatic carbocycles. The molecule has 2 aromatic rings. The Hall–Kier alpha value is -1.12. The van der Waals surface area contributed by atoms with Gasteiger partial charge in [0.05, 0.1) is 0 Å². The Labute approximate surface area is 119 Å². The number of hydrogen-bond donors (Lipinski definition) is 1. The predicted molar refractivity (Wildman–Crippen MR) is 82.5 cm³/mol. The van der Waals surface area contributed by atoms with Gasteiger partial charge in [-0.1, -0.05) is 35.9 Å². The zero-order valence-electron chi connectivity index (χ0n) is 11.6. The Morgan fingerprint density at radius 2 is 1.89 bits per heavy atom. The maximum atomic E-state index is 3.83. The van der Waals surface area contributed by atoms with Crippen molar-refractivity contribution in [2.45, 2.75) is 38.8 Å². The van der Waals surface area contributed by atoms with Crippen molar-refractivity contribution in [3.63, 3.8) is 0 Å². The Balaban J connectivity index is 1.73. The number of aryl methyl sites for hydroxylation is 1. The van der Waals surface area contributed by atoms with Crippen LogP contribution in [0.4, 0.5) is 0 Å². The number of nitrogens with one attached hydrogen (secondary N) is 1. The van der Waals surface area contributed by atoms with Gasteiger partial charge in [0, 0.05) is 17.0 Å². The summed E-state index contributed by atoms with van der Waals surface area (Å²) < 4.78 is 0. The highest BCUT2D eigenvalue weighted by Gasteiger charge is 2.33. The first-order valence-corrected chi connectivity index (χ1v) is 7.98. The fourth-order valence-electron chi connectivity index (χ4n) is 2.57. The molecule has 1 aromatic heterocycles. The lowest BCUT2D eigenvalue weighted by Gasteiger charge is -2.23. The van der Waals surface area contributed by atoms with Crippen LogP contribution in [0.25, 0.3) is 0 Å². The van der Waals surface area contributed by atoms with Crippen LogP contribution >= 0.6 is 11.3 Å². The van der Waals surface area contributed by atoms with Crippen LogP contribution in [0.1, 0.15) is 47.9 Å². The zero-order valence-corrected chi connectivity index (χ0v) is 12.4. The molecule has 1 aliphatic carbocycles.